The second-order valence-electron chi connectivity index (χ2n) is 16.8. The van der Waals surface area contributed by atoms with Gasteiger partial charge in [0.25, 0.3) is 0 Å². The second kappa shape index (κ2) is 12.2. The van der Waals surface area contributed by atoms with Crippen LogP contribution in [0.2, 0.25) is 0 Å². The molecule has 59 heavy (non-hydrogen) atoms. The van der Waals surface area contributed by atoms with E-state index in [2.05, 4.69) is 196 Å². The Hall–Kier alpha value is -6.58. The van der Waals surface area contributed by atoms with Crippen LogP contribution in [-0.4, -0.2) is 0 Å². The van der Waals surface area contributed by atoms with Crippen molar-refractivity contribution in [1.29, 1.82) is 0 Å². The Bertz CT molecular complexity index is 3690. The van der Waals surface area contributed by atoms with Gasteiger partial charge >= 0.3 is 0 Å². The van der Waals surface area contributed by atoms with Gasteiger partial charge in [-0.1, -0.05) is 153 Å². The molecule has 0 saturated heterocycles. The lowest BCUT2D eigenvalue weighted by Gasteiger charge is -2.22. The Morgan fingerprint density at radius 2 is 0.932 bits per heavy atom. The fourth-order valence-corrected chi connectivity index (χ4v) is 12.7. The van der Waals surface area contributed by atoms with Crippen molar-refractivity contribution >= 4 is 95.3 Å². The van der Waals surface area contributed by atoms with Gasteiger partial charge in [-0.25, -0.2) is 0 Å². The van der Waals surface area contributed by atoms with E-state index in [1.807, 2.05) is 22.7 Å². The van der Waals surface area contributed by atoms with E-state index in [0.29, 0.717) is 0 Å². The third-order valence-electron chi connectivity index (χ3n) is 13.2. The van der Waals surface area contributed by atoms with E-state index in [1.54, 1.807) is 0 Å². The third kappa shape index (κ3) is 4.76. The molecule has 0 aliphatic heterocycles. The summed E-state index contributed by atoms with van der Waals surface area (Å²) in [7, 11) is 0. The van der Waals surface area contributed by atoms with Gasteiger partial charge in [-0.2, -0.15) is 0 Å². The second-order valence-corrected chi connectivity index (χ2v) is 18.9. The van der Waals surface area contributed by atoms with Crippen LogP contribution in [0.3, 0.4) is 0 Å². The Morgan fingerprint density at radius 1 is 0.322 bits per heavy atom. The minimum atomic E-state index is -0.127. The Balaban J connectivity index is 0.938. The van der Waals surface area contributed by atoms with E-state index >= 15 is 0 Å². The summed E-state index contributed by atoms with van der Waals surface area (Å²) < 4.78 is 5.40. The van der Waals surface area contributed by atoms with Crippen LogP contribution < -0.4 is 0 Å². The molecule has 0 N–H and O–H groups in total. The number of hydrogen-bond donors (Lipinski definition) is 0. The van der Waals surface area contributed by atoms with Gasteiger partial charge in [-0.3, -0.25) is 0 Å². The normalized spacial score (nSPS) is 13.4. The lowest BCUT2D eigenvalue weighted by Crippen LogP contribution is -2.15. The maximum absolute atomic E-state index is 2.47. The van der Waals surface area contributed by atoms with E-state index in [0.717, 1.165) is 0 Å². The average molecular weight is 785 g/mol. The summed E-state index contributed by atoms with van der Waals surface area (Å²) in [6, 6.07) is 68.7. The van der Waals surface area contributed by atoms with Gasteiger partial charge in [0, 0.05) is 45.8 Å². The smallest absolute Gasteiger partial charge is 0.0361 e. The summed E-state index contributed by atoms with van der Waals surface area (Å²) in [5, 5.41) is 13.2. The van der Waals surface area contributed by atoms with Gasteiger partial charge in [-0.05, 0) is 130 Å². The highest BCUT2D eigenvalue weighted by Gasteiger charge is 2.36. The first kappa shape index (κ1) is 33.4. The zero-order chi connectivity index (χ0) is 39.0. The van der Waals surface area contributed by atoms with Crippen molar-refractivity contribution < 1.29 is 0 Å². The van der Waals surface area contributed by atoms with Crippen LogP contribution in [-0.2, 0) is 5.41 Å². The number of rotatable bonds is 3. The molecule has 2 aromatic heterocycles. The van der Waals surface area contributed by atoms with E-state index in [-0.39, 0.29) is 5.41 Å². The predicted molar refractivity (Wildman–Crippen MR) is 259 cm³/mol. The van der Waals surface area contributed by atoms with Crippen LogP contribution in [0.15, 0.2) is 182 Å². The molecule has 0 saturated carbocycles. The Kier molecular flexibility index (Phi) is 6.92. The highest BCUT2D eigenvalue weighted by molar-refractivity contribution is 7.26. The highest BCUT2D eigenvalue weighted by atomic mass is 32.1. The maximum Gasteiger partial charge on any atom is 0.0361 e. The molecule has 0 radical (unpaired) electrons. The first-order chi connectivity index (χ1) is 29.0. The molecular weight excluding hydrogens is 749 g/mol. The molecular formula is C57H36S2. The van der Waals surface area contributed by atoms with Gasteiger partial charge in [0.1, 0.15) is 0 Å². The molecule has 10 aromatic carbocycles. The van der Waals surface area contributed by atoms with Crippen LogP contribution in [0.25, 0.3) is 117 Å². The predicted octanol–water partition coefficient (Wildman–Crippen LogP) is 17.2. The van der Waals surface area contributed by atoms with Crippen molar-refractivity contribution in [2.75, 3.05) is 0 Å². The molecule has 1 aliphatic rings. The molecule has 0 atom stereocenters. The molecule has 0 bridgehead atoms. The summed E-state index contributed by atoms with van der Waals surface area (Å²) in [5.74, 6) is 0. The van der Waals surface area contributed by atoms with E-state index in [1.165, 1.54) is 128 Å². The molecule has 0 nitrogen and oxygen atoms in total. The quantitative estimate of drug-likeness (QED) is 0.157. The fraction of sp³-hybridized carbons (Fsp3) is 0.0526. The molecule has 276 valence electrons. The van der Waals surface area contributed by atoms with E-state index in [4.69, 9.17) is 0 Å². The molecule has 0 spiro atoms. The summed E-state index contributed by atoms with van der Waals surface area (Å²) >= 11 is 3.81. The van der Waals surface area contributed by atoms with Crippen molar-refractivity contribution in [2.24, 2.45) is 0 Å². The summed E-state index contributed by atoms with van der Waals surface area (Å²) in [6.07, 6.45) is 0. The highest BCUT2D eigenvalue weighted by Crippen LogP contribution is 2.53. The number of thiophene rings is 2. The van der Waals surface area contributed by atoms with Crippen LogP contribution in [0, 0.1) is 0 Å². The molecule has 12 aromatic rings. The first-order valence-corrected chi connectivity index (χ1v) is 22.1. The minimum Gasteiger partial charge on any atom is -0.135 e. The average Bonchev–Trinajstić information content (AvgIpc) is 3.91. The lowest BCUT2D eigenvalue weighted by molar-refractivity contribution is 0.660. The topological polar surface area (TPSA) is 0 Å². The molecule has 0 amide bonds. The zero-order valence-electron chi connectivity index (χ0n) is 32.6. The number of fused-ring (bicyclic) bond motifs is 13. The van der Waals surface area contributed by atoms with Crippen molar-refractivity contribution in [3.63, 3.8) is 0 Å². The monoisotopic (exact) mass is 784 g/mol. The van der Waals surface area contributed by atoms with Crippen LogP contribution in [0.4, 0.5) is 0 Å². The lowest BCUT2D eigenvalue weighted by atomic mass is 9.81. The SMILES string of the molecule is CC1(C)c2ccc(-c3c4ccccc4c(-c4ccccc4)c4ccccc34)cc2-c2ccc(-c3ccc4c(c3)sc3ccc5cc6sc7ccccc7c6cc5c34)cc21. The van der Waals surface area contributed by atoms with Gasteiger partial charge in [0.15, 0.2) is 0 Å². The number of hydrogen-bond acceptors (Lipinski definition) is 2. The minimum absolute atomic E-state index is 0.127. The molecule has 2 heterocycles. The van der Waals surface area contributed by atoms with Gasteiger partial charge in [-0.15, -0.1) is 22.7 Å². The van der Waals surface area contributed by atoms with Crippen molar-refractivity contribution in [2.45, 2.75) is 19.3 Å². The summed E-state index contributed by atoms with van der Waals surface area (Å²) in [5.41, 5.74) is 13.0. The largest absolute Gasteiger partial charge is 0.135 e. The Morgan fingerprint density at radius 3 is 1.69 bits per heavy atom. The van der Waals surface area contributed by atoms with Crippen molar-refractivity contribution in [1.82, 2.24) is 0 Å². The first-order valence-electron chi connectivity index (χ1n) is 20.5. The van der Waals surface area contributed by atoms with Gasteiger partial charge in [0.05, 0.1) is 0 Å². The summed E-state index contributed by atoms with van der Waals surface area (Å²) in [4.78, 5) is 0. The summed E-state index contributed by atoms with van der Waals surface area (Å²) in [6.45, 7) is 4.79. The third-order valence-corrected chi connectivity index (χ3v) is 15.5. The van der Waals surface area contributed by atoms with Crippen LogP contribution >= 0.6 is 22.7 Å². The molecule has 1 aliphatic carbocycles. The van der Waals surface area contributed by atoms with E-state index < -0.39 is 0 Å². The van der Waals surface area contributed by atoms with Crippen LogP contribution in [0.5, 0.6) is 0 Å². The van der Waals surface area contributed by atoms with Crippen molar-refractivity contribution in [3.05, 3.63) is 193 Å². The van der Waals surface area contributed by atoms with Crippen LogP contribution in [0.1, 0.15) is 25.0 Å². The molecule has 2 heteroatoms. The number of benzene rings is 10. The van der Waals surface area contributed by atoms with Crippen molar-refractivity contribution in [3.8, 4) is 44.5 Å². The molecule has 13 rings (SSSR count). The fourth-order valence-electron chi connectivity index (χ4n) is 10.4. The molecule has 0 unspecified atom stereocenters. The standard InChI is InChI=1S/C57H36S2/c1-57(2)48-26-22-37(55-42-17-8-6-15-40(42)54(33-12-4-3-5-13-33)41-16-7-9-18-43(41)55)28-46(48)38-24-20-34(29-49(38)57)35-21-25-44-52(30-35)59-51-27-23-36-31-53-47(32-45(36)56(44)51)39-14-10-11-19-50(39)58-53/h3-32H,1-2H3. The van der Waals surface area contributed by atoms with Gasteiger partial charge in [0.2, 0.25) is 0 Å². The maximum atomic E-state index is 2.47. The van der Waals surface area contributed by atoms with Gasteiger partial charge < -0.3 is 0 Å². The molecule has 0 fully saturated rings. The van der Waals surface area contributed by atoms with E-state index in [9.17, 15) is 0 Å². The zero-order valence-corrected chi connectivity index (χ0v) is 34.3. The Labute approximate surface area is 350 Å².